The average molecular weight is 801 g/mol. The van der Waals surface area contributed by atoms with Gasteiger partial charge in [0, 0.05) is 19.3 Å². The van der Waals surface area contributed by atoms with Gasteiger partial charge in [0.1, 0.15) is 6.61 Å². The topological polar surface area (TPSA) is 99.1 Å². The van der Waals surface area contributed by atoms with Gasteiger partial charge in [-0.1, -0.05) is 145 Å². The molecular formula is C49H86NO7+. The normalized spacial score (nSPS) is 13.5. The summed E-state index contributed by atoms with van der Waals surface area (Å²) in [7, 11) is 5.52. The van der Waals surface area contributed by atoms with Gasteiger partial charge in [0.15, 0.2) is 12.1 Å². The molecule has 0 aromatic heterocycles. The fourth-order valence-electron chi connectivity index (χ4n) is 6.37. The Bertz CT molecular complexity index is 1120. The lowest BCUT2D eigenvalue weighted by atomic mass is 10.1. The standard InChI is InChI=1S/C49H85NO7/c1-6-8-10-12-14-16-18-20-22-24-26-27-29-31-33-35-37-39-47(51)56-44-45(43-55-42-41-46(49(53)54)50(3,4)5)57-48(52)40-38-36-34-32-30-28-25-23-21-19-17-15-13-11-9-7-2/h9,11,14-17,20-23,45-46H,6-8,10,12-13,18-19,24-44H2,1-5H3/p+1/b11-9+,16-14+,17-15+,22-20+,23-21+. The fraction of sp³-hybridized carbons (Fsp3) is 0.735. The molecule has 0 aromatic carbocycles. The molecule has 8 heteroatoms. The lowest BCUT2D eigenvalue weighted by molar-refractivity contribution is -0.887. The number of carboxylic acids is 1. The minimum Gasteiger partial charge on any atom is -0.477 e. The Morgan fingerprint density at radius 1 is 0.544 bits per heavy atom. The molecule has 2 unspecified atom stereocenters. The monoisotopic (exact) mass is 801 g/mol. The van der Waals surface area contributed by atoms with Crippen molar-refractivity contribution in [3.8, 4) is 0 Å². The van der Waals surface area contributed by atoms with Gasteiger partial charge in [-0.25, -0.2) is 4.79 Å². The van der Waals surface area contributed by atoms with E-state index < -0.39 is 18.1 Å². The van der Waals surface area contributed by atoms with E-state index in [0.717, 1.165) is 83.5 Å². The number of quaternary nitrogens is 1. The summed E-state index contributed by atoms with van der Waals surface area (Å²) >= 11 is 0. The Hall–Kier alpha value is -2.97. The Labute approximate surface area is 349 Å². The largest absolute Gasteiger partial charge is 0.477 e. The molecule has 2 atom stereocenters. The highest BCUT2D eigenvalue weighted by Gasteiger charge is 2.31. The van der Waals surface area contributed by atoms with Crippen LogP contribution >= 0.6 is 0 Å². The molecule has 0 heterocycles. The summed E-state index contributed by atoms with van der Waals surface area (Å²) in [4.78, 5) is 37.0. The maximum atomic E-state index is 12.7. The van der Waals surface area contributed by atoms with E-state index in [0.29, 0.717) is 19.3 Å². The van der Waals surface area contributed by atoms with E-state index in [1.165, 1.54) is 64.2 Å². The van der Waals surface area contributed by atoms with E-state index in [1.54, 1.807) is 0 Å². The summed E-state index contributed by atoms with van der Waals surface area (Å²) < 4.78 is 17.3. The number of allylic oxidation sites excluding steroid dienone is 10. The van der Waals surface area contributed by atoms with Crippen molar-refractivity contribution in [1.29, 1.82) is 0 Å². The van der Waals surface area contributed by atoms with E-state index in [9.17, 15) is 19.5 Å². The Morgan fingerprint density at radius 2 is 0.982 bits per heavy atom. The van der Waals surface area contributed by atoms with E-state index in [4.69, 9.17) is 14.2 Å². The zero-order valence-electron chi connectivity index (χ0n) is 37.3. The van der Waals surface area contributed by atoms with Gasteiger partial charge in [-0.3, -0.25) is 9.59 Å². The predicted molar refractivity (Wildman–Crippen MR) is 238 cm³/mol. The van der Waals surface area contributed by atoms with Crippen LogP contribution in [-0.2, 0) is 28.6 Å². The molecule has 0 aliphatic rings. The van der Waals surface area contributed by atoms with E-state index in [1.807, 2.05) is 21.1 Å². The molecule has 0 saturated heterocycles. The number of carbonyl (C=O) groups excluding carboxylic acids is 2. The summed E-state index contributed by atoms with van der Waals surface area (Å²) in [5, 5.41) is 9.63. The molecular weight excluding hydrogens is 715 g/mol. The molecule has 0 amide bonds. The number of ether oxygens (including phenoxy) is 3. The summed E-state index contributed by atoms with van der Waals surface area (Å²) in [6.07, 6.45) is 48.3. The molecule has 0 saturated carbocycles. The highest BCUT2D eigenvalue weighted by atomic mass is 16.6. The lowest BCUT2D eigenvalue weighted by Crippen LogP contribution is -2.50. The Balaban J connectivity index is 4.36. The summed E-state index contributed by atoms with van der Waals surface area (Å²) in [6, 6.07) is -0.620. The number of unbranched alkanes of at least 4 members (excludes halogenated alkanes) is 16. The molecule has 1 N–H and O–H groups in total. The maximum Gasteiger partial charge on any atom is 0.362 e. The molecule has 0 bridgehead atoms. The van der Waals surface area contributed by atoms with Gasteiger partial charge in [-0.05, 0) is 77.0 Å². The number of carboxylic acid groups (broad SMARTS) is 1. The van der Waals surface area contributed by atoms with Crippen LogP contribution in [0.4, 0.5) is 0 Å². The third kappa shape index (κ3) is 38.3. The smallest absolute Gasteiger partial charge is 0.362 e. The zero-order chi connectivity index (χ0) is 42.1. The number of nitrogens with zero attached hydrogens (tertiary/aromatic N) is 1. The van der Waals surface area contributed by atoms with Crippen LogP contribution < -0.4 is 0 Å². The van der Waals surface area contributed by atoms with Crippen LogP contribution in [-0.4, -0.2) is 80.6 Å². The molecule has 0 fully saturated rings. The predicted octanol–water partition coefficient (Wildman–Crippen LogP) is 12.6. The second-order valence-corrected chi connectivity index (χ2v) is 16.3. The third-order valence-electron chi connectivity index (χ3n) is 9.90. The van der Waals surface area contributed by atoms with Gasteiger partial charge in [0.05, 0.1) is 34.4 Å². The molecule has 0 spiro atoms. The van der Waals surface area contributed by atoms with Crippen LogP contribution in [0.25, 0.3) is 0 Å². The number of aliphatic carboxylic acids is 1. The first-order chi connectivity index (χ1) is 27.6. The van der Waals surface area contributed by atoms with Crippen molar-refractivity contribution >= 4 is 17.9 Å². The van der Waals surface area contributed by atoms with Crippen molar-refractivity contribution in [2.24, 2.45) is 0 Å². The number of carbonyl (C=O) groups is 3. The Kier molecular flexibility index (Phi) is 37.8. The number of esters is 2. The first-order valence-electron chi connectivity index (χ1n) is 22.8. The first kappa shape index (κ1) is 54.0. The molecule has 0 radical (unpaired) electrons. The summed E-state index contributed by atoms with van der Waals surface area (Å²) in [5.41, 5.74) is 0. The highest BCUT2D eigenvalue weighted by Crippen LogP contribution is 2.14. The molecule has 0 aliphatic carbocycles. The zero-order valence-corrected chi connectivity index (χ0v) is 37.3. The number of hydrogen-bond acceptors (Lipinski definition) is 6. The van der Waals surface area contributed by atoms with Crippen molar-refractivity contribution in [3.63, 3.8) is 0 Å². The number of hydrogen-bond donors (Lipinski definition) is 1. The SMILES string of the molecule is CC/C=C/C/C=C/C/C=C/CCCCCCCCC(=O)OC(COCCC(C(=O)O)[N+](C)(C)C)COC(=O)CCCCCCCCC/C=C/C/C=C/CCCCC. The third-order valence-corrected chi connectivity index (χ3v) is 9.90. The van der Waals surface area contributed by atoms with Gasteiger partial charge in [0.2, 0.25) is 0 Å². The minimum absolute atomic E-state index is 0.0511. The van der Waals surface area contributed by atoms with Gasteiger partial charge in [0.25, 0.3) is 0 Å². The van der Waals surface area contributed by atoms with Crippen molar-refractivity contribution in [1.82, 2.24) is 0 Å². The lowest BCUT2D eigenvalue weighted by Gasteiger charge is -2.31. The fourth-order valence-corrected chi connectivity index (χ4v) is 6.37. The quantitative estimate of drug-likeness (QED) is 0.0285. The van der Waals surface area contributed by atoms with Crippen LogP contribution in [0, 0.1) is 0 Å². The van der Waals surface area contributed by atoms with E-state index in [2.05, 4.69) is 74.6 Å². The average Bonchev–Trinajstić information content (AvgIpc) is 3.17. The maximum absolute atomic E-state index is 12.7. The molecule has 57 heavy (non-hydrogen) atoms. The van der Waals surface area contributed by atoms with E-state index in [-0.39, 0.29) is 36.2 Å². The van der Waals surface area contributed by atoms with Crippen LogP contribution in [0.1, 0.15) is 181 Å². The van der Waals surface area contributed by atoms with Gasteiger partial charge >= 0.3 is 17.9 Å². The molecule has 0 rings (SSSR count). The first-order valence-corrected chi connectivity index (χ1v) is 22.8. The molecule has 0 aliphatic heterocycles. The minimum atomic E-state index is -0.880. The van der Waals surface area contributed by atoms with E-state index >= 15 is 0 Å². The molecule has 8 nitrogen and oxygen atoms in total. The number of likely N-dealkylation sites (N-methyl/N-ethyl adjacent to an activating group) is 1. The van der Waals surface area contributed by atoms with Crippen molar-refractivity contribution in [3.05, 3.63) is 60.8 Å². The molecule has 0 aromatic rings. The second kappa shape index (κ2) is 39.8. The van der Waals surface area contributed by atoms with Crippen molar-refractivity contribution < 1.29 is 38.2 Å². The molecule has 328 valence electrons. The Morgan fingerprint density at radius 3 is 1.46 bits per heavy atom. The van der Waals surface area contributed by atoms with Crippen LogP contribution in [0.5, 0.6) is 0 Å². The summed E-state index contributed by atoms with van der Waals surface area (Å²) in [5.74, 6) is -1.50. The van der Waals surface area contributed by atoms with Gasteiger partial charge < -0.3 is 23.8 Å². The van der Waals surface area contributed by atoms with Crippen LogP contribution in [0.2, 0.25) is 0 Å². The van der Waals surface area contributed by atoms with Crippen molar-refractivity contribution in [2.75, 3.05) is 41.0 Å². The number of rotatable bonds is 40. The second-order valence-electron chi connectivity index (χ2n) is 16.3. The van der Waals surface area contributed by atoms with Crippen LogP contribution in [0.3, 0.4) is 0 Å². The van der Waals surface area contributed by atoms with Gasteiger partial charge in [-0.15, -0.1) is 0 Å². The highest BCUT2D eigenvalue weighted by molar-refractivity contribution is 5.72. The van der Waals surface area contributed by atoms with Crippen LogP contribution in [0.15, 0.2) is 60.8 Å². The van der Waals surface area contributed by atoms with Crippen molar-refractivity contribution in [2.45, 2.75) is 193 Å². The van der Waals surface area contributed by atoms with Gasteiger partial charge in [-0.2, -0.15) is 0 Å². The summed E-state index contributed by atoms with van der Waals surface area (Å²) in [6.45, 7) is 4.57.